The van der Waals surface area contributed by atoms with Crippen LogP contribution in [0.1, 0.15) is 13.3 Å². The van der Waals surface area contributed by atoms with Gasteiger partial charge in [0.05, 0.1) is 5.75 Å². The number of carbonyl (C=O) groups excluding carboxylic acids is 1. The van der Waals surface area contributed by atoms with Gasteiger partial charge in [0, 0.05) is 6.42 Å². The van der Waals surface area contributed by atoms with Crippen LogP contribution in [0.25, 0.3) is 0 Å². The topological polar surface area (TPSA) is 91.8 Å². The van der Waals surface area contributed by atoms with E-state index in [4.69, 9.17) is 5.11 Å². The van der Waals surface area contributed by atoms with E-state index >= 15 is 0 Å². The number of carboxylic acid groups (broad SMARTS) is 1. The molecule has 1 aliphatic rings. The Morgan fingerprint density at radius 1 is 1.62 bits per heavy atom. The van der Waals surface area contributed by atoms with E-state index in [9.17, 15) is 18.0 Å². The minimum Gasteiger partial charge on any atom is -0.480 e. The largest absolute Gasteiger partial charge is 0.480 e. The summed E-state index contributed by atoms with van der Waals surface area (Å²) in [5.74, 6) is -2.25. The van der Waals surface area contributed by atoms with Gasteiger partial charge in [0.1, 0.15) is 6.04 Å². The van der Waals surface area contributed by atoms with Crippen LogP contribution in [0.15, 0.2) is 0 Å². The standard InChI is InChI=1S/C6H9NO5S/c1-4(6(9)10)7-5(8)2-3-13(7,11)12/h4H,2-3H2,1H3,(H,9,10). The van der Waals surface area contributed by atoms with Gasteiger partial charge in [-0.3, -0.25) is 4.79 Å². The SMILES string of the molecule is CC(C(=O)O)N1C(=O)CCS1(=O)=O. The van der Waals surface area contributed by atoms with Gasteiger partial charge in [-0.1, -0.05) is 0 Å². The van der Waals surface area contributed by atoms with E-state index in [2.05, 4.69) is 0 Å². The monoisotopic (exact) mass is 207 g/mol. The van der Waals surface area contributed by atoms with E-state index < -0.39 is 27.9 Å². The Morgan fingerprint density at radius 3 is 2.46 bits per heavy atom. The molecule has 13 heavy (non-hydrogen) atoms. The molecule has 1 rings (SSSR count). The average Bonchev–Trinajstić information content (AvgIpc) is 2.25. The summed E-state index contributed by atoms with van der Waals surface area (Å²) in [5, 5.41) is 8.53. The fourth-order valence-electron chi connectivity index (χ4n) is 1.14. The molecule has 6 nitrogen and oxygen atoms in total. The van der Waals surface area contributed by atoms with E-state index in [1.807, 2.05) is 0 Å². The summed E-state index contributed by atoms with van der Waals surface area (Å²) in [5.41, 5.74) is 0. The van der Waals surface area contributed by atoms with Gasteiger partial charge in [0.15, 0.2) is 0 Å². The maximum Gasteiger partial charge on any atom is 0.327 e. The Balaban J connectivity index is 3.02. The molecule has 0 aromatic rings. The molecule has 1 amide bonds. The lowest BCUT2D eigenvalue weighted by Gasteiger charge is -2.18. The van der Waals surface area contributed by atoms with Gasteiger partial charge in [0.25, 0.3) is 0 Å². The summed E-state index contributed by atoms with van der Waals surface area (Å²) >= 11 is 0. The fraction of sp³-hybridized carbons (Fsp3) is 0.667. The van der Waals surface area contributed by atoms with Gasteiger partial charge in [-0.15, -0.1) is 0 Å². The molecule has 0 bridgehead atoms. The lowest BCUT2D eigenvalue weighted by molar-refractivity contribution is -0.144. The number of amides is 1. The number of hydrogen-bond acceptors (Lipinski definition) is 4. The van der Waals surface area contributed by atoms with Crippen molar-refractivity contribution in [3.8, 4) is 0 Å². The smallest absolute Gasteiger partial charge is 0.327 e. The van der Waals surface area contributed by atoms with E-state index in [1.165, 1.54) is 6.92 Å². The molecule has 1 aliphatic heterocycles. The van der Waals surface area contributed by atoms with Gasteiger partial charge in [-0.2, -0.15) is 0 Å². The lowest BCUT2D eigenvalue weighted by Crippen LogP contribution is -2.42. The van der Waals surface area contributed by atoms with Crippen molar-refractivity contribution in [2.24, 2.45) is 0 Å². The number of nitrogens with zero attached hydrogens (tertiary/aromatic N) is 1. The number of hydrogen-bond donors (Lipinski definition) is 1. The van der Waals surface area contributed by atoms with Crippen LogP contribution in [0.4, 0.5) is 0 Å². The normalized spacial score (nSPS) is 23.2. The summed E-state index contributed by atoms with van der Waals surface area (Å²) in [4.78, 5) is 21.5. The van der Waals surface area contributed by atoms with Crippen molar-refractivity contribution in [3.63, 3.8) is 0 Å². The second kappa shape index (κ2) is 2.99. The van der Waals surface area contributed by atoms with Gasteiger partial charge in [-0.05, 0) is 6.92 Å². The molecule has 1 fully saturated rings. The first-order valence-corrected chi connectivity index (χ1v) is 5.25. The quantitative estimate of drug-likeness (QED) is 0.628. The Labute approximate surface area is 75.2 Å². The lowest BCUT2D eigenvalue weighted by atomic mass is 10.3. The molecular formula is C6H9NO5S. The first-order chi connectivity index (χ1) is 5.86. The molecule has 1 N–H and O–H groups in total. The van der Waals surface area contributed by atoms with Crippen LogP contribution in [-0.2, 0) is 19.6 Å². The molecule has 0 aromatic carbocycles. The van der Waals surface area contributed by atoms with Gasteiger partial charge >= 0.3 is 5.97 Å². The summed E-state index contributed by atoms with van der Waals surface area (Å²) in [6, 6.07) is -1.31. The highest BCUT2D eigenvalue weighted by atomic mass is 32.2. The van der Waals surface area contributed by atoms with Crippen molar-refractivity contribution in [3.05, 3.63) is 0 Å². The molecule has 0 radical (unpaired) electrons. The van der Waals surface area contributed by atoms with Gasteiger partial charge in [-0.25, -0.2) is 17.5 Å². The van der Waals surface area contributed by atoms with Crippen molar-refractivity contribution in [2.75, 3.05) is 5.75 Å². The minimum atomic E-state index is -3.68. The van der Waals surface area contributed by atoms with Crippen LogP contribution in [0.2, 0.25) is 0 Å². The predicted octanol–water partition coefficient (Wildman–Crippen LogP) is -0.978. The second-order valence-corrected chi connectivity index (χ2v) is 4.74. The first-order valence-electron chi connectivity index (χ1n) is 3.64. The highest BCUT2D eigenvalue weighted by Gasteiger charge is 2.40. The molecule has 74 valence electrons. The highest BCUT2D eigenvalue weighted by molar-refractivity contribution is 7.90. The number of carbonyl (C=O) groups is 2. The molecule has 1 heterocycles. The van der Waals surface area contributed by atoms with E-state index in [-0.39, 0.29) is 12.2 Å². The molecule has 1 unspecified atom stereocenters. The van der Waals surface area contributed by atoms with Crippen LogP contribution >= 0.6 is 0 Å². The molecule has 0 aliphatic carbocycles. The van der Waals surface area contributed by atoms with E-state index in [0.29, 0.717) is 4.31 Å². The van der Waals surface area contributed by atoms with Crippen LogP contribution in [-0.4, -0.2) is 41.5 Å². The van der Waals surface area contributed by atoms with Crippen LogP contribution in [0.5, 0.6) is 0 Å². The highest BCUT2D eigenvalue weighted by Crippen LogP contribution is 2.18. The average molecular weight is 207 g/mol. The van der Waals surface area contributed by atoms with Crippen molar-refractivity contribution in [2.45, 2.75) is 19.4 Å². The van der Waals surface area contributed by atoms with E-state index in [0.717, 1.165) is 0 Å². The van der Waals surface area contributed by atoms with Crippen molar-refractivity contribution < 1.29 is 23.1 Å². The Kier molecular flexibility index (Phi) is 2.29. The molecule has 0 aromatic heterocycles. The second-order valence-electron chi connectivity index (χ2n) is 2.77. The maximum absolute atomic E-state index is 11.2. The molecule has 0 saturated carbocycles. The van der Waals surface area contributed by atoms with Crippen molar-refractivity contribution >= 4 is 21.9 Å². The maximum atomic E-state index is 11.2. The van der Waals surface area contributed by atoms with Crippen LogP contribution < -0.4 is 0 Å². The number of carboxylic acids is 1. The Hall–Kier alpha value is -1.11. The van der Waals surface area contributed by atoms with Crippen molar-refractivity contribution in [1.29, 1.82) is 0 Å². The third-order valence-corrected chi connectivity index (χ3v) is 3.67. The predicted molar refractivity (Wildman–Crippen MR) is 42.3 cm³/mol. The zero-order valence-electron chi connectivity index (χ0n) is 6.93. The Morgan fingerprint density at radius 2 is 2.15 bits per heavy atom. The van der Waals surface area contributed by atoms with Gasteiger partial charge in [0.2, 0.25) is 15.9 Å². The summed E-state index contributed by atoms with van der Waals surface area (Å²) < 4.78 is 22.8. The molecule has 1 saturated heterocycles. The summed E-state index contributed by atoms with van der Waals surface area (Å²) in [6.45, 7) is 1.17. The van der Waals surface area contributed by atoms with Gasteiger partial charge < -0.3 is 5.11 Å². The molecular weight excluding hydrogens is 198 g/mol. The minimum absolute atomic E-state index is 0.125. The molecule has 7 heteroatoms. The molecule has 0 spiro atoms. The fourth-order valence-corrected chi connectivity index (χ4v) is 2.74. The van der Waals surface area contributed by atoms with E-state index in [1.54, 1.807) is 0 Å². The summed E-state index contributed by atoms with van der Waals surface area (Å²) in [6.07, 6.45) is -0.125. The first kappa shape index (κ1) is 9.97. The van der Waals surface area contributed by atoms with Crippen LogP contribution in [0, 0.1) is 0 Å². The number of aliphatic carboxylic acids is 1. The number of sulfonamides is 1. The van der Waals surface area contributed by atoms with Crippen LogP contribution in [0.3, 0.4) is 0 Å². The Bertz CT molecular complexity index is 346. The van der Waals surface area contributed by atoms with Crippen molar-refractivity contribution in [1.82, 2.24) is 4.31 Å². The molecule has 1 atom stereocenters. The third kappa shape index (κ3) is 1.64. The third-order valence-electron chi connectivity index (χ3n) is 1.83. The zero-order chi connectivity index (χ0) is 10.2. The summed E-state index contributed by atoms with van der Waals surface area (Å²) in [7, 11) is -3.68. The number of rotatable bonds is 2. The zero-order valence-corrected chi connectivity index (χ0v) is 7.74.